The van der Waals surface area contributed by atoms with E-state index in [1.54, 1.807) is 6.92 Å². The summed E-state index contributed by atoms with van der Waals surface area (Å²) in [6.07, 6.45) is 1.96. The maximum atomic E-state index is 11.9. The first kappa shape index (κ1) is 17.2. The van der Waals surface area contributed by atoms with Crippen LogP contribution in [0.3, 0.4) is 0 Å². The highest BCUT2D eigenvalue weighted by atomic mass is 16.2. The van der Waals surface area contributed by atoms with Gasteiger partial charge in [0.15, 0.2) is 0 Å². The highest BCUT2D eigenvalue weighted by Crippen LogP contribution is 2.31. The maximum absolute atomic E-state index is 11.9. The Morgan fingerprint density at radius 3 is 2.52 bits per heavy atom. The van der Waals surface area contributed by atoms with Gasteiger partial charge < -0.3 is 16.0 Å². The molecule has 3 N–H and O–H groups in total. The monoisotopic (exact) mass is 337 g/mol. The Bertz CT molecular complexity index is 784. The molecular weight excluding hydrogens is 314 g/mol. The largest absolute Gasteiger partial charge is 0.351 e. The van der Waals surface area contributed by atoms with Crippen LogP contribution in [0.1, 0.15) is 29.3 Å². The van der Waals surface area contributed by atoms with Gasteiger partial charge in [0.2, 0.25) is 5.91 Å². The Morgan fingerprint density at radius 1 is 1.12 bits per heavy atom. The van der Waals surface area contributed by atoms with Gasteiger partial charge in [0.25, 0.3) is 5.91 Å². The fourth-order valence-electron chi connectivity index (χ4n) is 3.21. The minimum Gasteiger partial charge on any atom is -0.351 e. The summed E-state index contributed by atoms with van der Waals surface area (Å²) in [4.78, 5) is 25.6. The number of carbonyl (C=O) groups excluding carboxylic acids is 2. The summed E-state index contributed by atoms with van der Waals surface area (Å²) < 4.78 is 0. The molecule has 0 radical (unpaired) electrons. The molecule has 5 nitrogen and oxygen atoms in total. The van der Waals surface area contributed by atoms with Crippen molar-refractivity contribution < 1.29 is 9.59 Å². The van der Waals surface area contributed by atoms with Gasteiger partial charge in [-0.25, -0.2) is 0 Å². The van der Waals surface area contributed by atoms with Gasteiger partial charge in [-0.2, -0.15) is 0 Å². The van der Waals surface area contributed by atoms with Gasteiger partial charge in [-0.15, -0.1) is 0 Å². The smallest absolute Gasteiger partial charge is 0.251 e. The topological polar surface area (TPSA) is 75.4 Å². The van der Waals surface area contributed by atoms with Crippen LogP contribution in [0.2, 0.25) is 0 Å². The number of hydrogen-bond donors (Lipinski definition) is 2. The zero-order chi connectivity index (χ0) is 17.8. The van der Waals surface area contributed by atoms with E-state index >= 15 is 0 Å². The normalized spacial score (nSPS) is 13.3. The van der Waals surface area contributed by atoms with Crippen molar-refractivity contribution in [1.82, 2.24) is 5.32 Å². The van der Waals surface area contributed by atoms with Crippen LogP contribution in [0, 0.1) is 0 Å². The second-order valence-electron chi connectivity index (χ2n) is 6.24. The number of fused-ring (bicyclic) bond motifs is 1. The van der Waals surface area contributed by atoms with E-state index in [0.29, 0.717) is 18.7 Å². The molecule has 0 spiro atoms. The molecule has 0 aliphatic carbocycles. The number of amides is 2. The molecular formula is C20H23N3O2. The fraction of sp³-hybridized carbons (Fsp3) is 0.300. The number of anilines is 1. The molecule has 1 heterocycles. The van der Waals surface area contributed by atoms with Crippen LogP contribution in [0.4, 0.5) is 5.69 Å². The molecule has 0 atom stereocenters. The molecule has 0 fully saturated rings. The third-order valence-corrected chi connectivity index (χ3v) is 4.49. The average Bonchev–Trinajstić information content (AvgIpc) is 2.65. The second-order valence-corrected chi connectivity index (χ2v) is 6.24. The zero-order valence-corrected chi connectivity index (χ0v) is 14.4. The van der Waals surface area contributed by atoms with Crippen LogP contribution < -0.4 is 16.0 Å². The summed E-state index contributed by atoms with van der Waals surface area (Å²) in [6, 6.07) is 13.7. The van der Waals surface area contributed by atoms with Crippen LogP contribution in [-0.4, -0.2) is 31.4 Å². The van der Waals surface area contributed by atoms with E-state index < -0.39 is 0 Å². The lowest BCUT2D eigenvalue weighted by molar-refractivity contribution is -0.116. The SMILES string of the molecule is CC(=O)N1CCCc2cc(-c3ccc(C(=O)NCCN)cc3)ccc21. The molecule has 2 aromatic carbocycles. The molecule has 5 heteroatoms. The molecule has 1 aliphatic rings. The lowest BCUT2D eigenvalue weighted by Gasteiger charge is -2.29. The van der Waals surface area contributed by atoms with Crippen LogP contribution >= 0.6 is 0 Å². The van der Waals surface area contributed by atoms with Crippen molar-refractivity contribution in [2.45, 2.75) is 19.8 Å². The minimum atomic E-state index is -0.112. The van der Waals surface area contributed by atoms with E-state index in [0.717, 1.165) is 36.2 Å². The minimum absolute atomic E-state index is 0.0848. The van der Waals surface area contributed by atoms with Crippen molar-refractivity contribution in [1.29, 1.82) is 0 Å². The molecule has 0 saturated heterocycles. The summed E-state index contributed by atoms with van der Waals surface area (Å²) in [6.45, 7) is 3.29. The van der Waals surface area contributed by atoms with Gasteiger partial charge in [-0.1, -0.05) is 18.2 Å². The summed E-state index contributed by atoms with van der Waals surface area (Å²) in [5, 5.41) is 2.76. The Kier molecular flexibility index (Phi) is 5.14. The molecule has 2 aromatic rings. The predicted octanol–water partition coefficient (Wildman–Crippen LogP) is 2.34. The summed E-state index contributed by atoms with van der Waals surface area (Å²) in [7, 11) is 0. The number of carbonyl (C=O) groups is 2. The first-order chi connectivity index (χ1) is 12.1. The number of nitrogens with zero attached hydrogens (tertiary/aromatic N) is 1. The van der Waals surface area contributed by atoms with Crippen molar-refractivity contribution in [2.24, 2.45) is 5.73 Å². The standard InChI is InChI=1S/C20H23N3O2/c1-14(24)23-12-2-3-18-13-17(8-9-19(18)23)15-4-6-16(7-5-15)20(25)22-11-10-21/h4-9,13H,2-3,10-12,21H2,1H3,(H,22,25). The molecule has 0 unspecified atom stereocenters. The number of hydrogen-bond acceptors (Lipinski definition) is 3. The maximum Gasteiger partial charge on any atom is 0.251 e. The van der Waals surface area contributed by atoms with Crippen molar-refractivity contribution in [3.8, 4) is 11.1 Å². The first-order valence-corrected chi connectivity index (χ1v) is 8.60. The molecule has 0 saturated carbocycles. The lowest BCUT2D eigenvalue weighted by atomic mass is 9.95. The molecule has 3 rings (SSSR count). The molecule has 1 aliphatic heterocycles. The van der Waals surface area contributed by atoms with Gasteiger partial charge in [0.05, 0.1) is 0 Å². The zero-order valence-electron chi connectivity index (χ0n) is 14.4. The van der Waals surface area contributed by atoms with Crippen LogP contribution in [0.25, 0.3) is 11.1 Å². The Balaban J connectivity index is 1.83. The van der Waals surface area contributed by atoms with Crippen LogP contribution in [0.5, 0.6) is 0 Å². The number of benzene rings is 2. The molecule has 0 aromatic heterocycles. The number of aryl methyl sites for hydroxylation is 1. The lowest BCUT2D eigenvalue weighted by Crippen LogP contribution is -2.33. The predicted molar refractivity (Wildman–Crippen MR) is 99.6 cm³/mol. The van der Waals surface area contributed by atoms with Gasteiger partial charge in [-0.05, 0) is 53.8 Å². The van der Waals surface area contributed by atoms with Crippen LogP contribution in [-0.2, 0) is 11.2 Å². The average molecular weight is 337 g/mol. The van der Waals surface area contributed by atoms with Crippen LogP contribution in [0.15, 0.2) is 42.5 Å². The Labute approximate surface area is 147 Å². The van der Waals surface area contributed by atoms with E-state index in [1.165, 1.54) is 5.56 Å². The second kappa shape index (κ2) is 7.49. The summed E-state index contributed by atoms with van der Waals surface area (Å²) in [5.41, 5.74) is 10.4. The van der Waals surface area contributed by atoms with Gasteiger partial charge in [-0.3, -0.25) is 9.59 Å². The molecule has 25 heavy (non-hydrogen) atoms. The number of nitrogens with one attached hydrogen (secondary N) is 1. The first-order valence-electron chi connectivity index (χ1n) is 8.60. The summed E-state index contributed by atoms with van der Waals surface area (Å²) in [5.74, 6) is -0.0268. The van der Waals surface area contributed by atoms with E-state index in [1.807, 2.05) is 41.3 Å². The van der Waals surface area contributed by atoms with Gasteiger partial charge in [0, 0.05) is 37.8 Å². The van der Waals surface area contributed by atoms with Gasteiger partial charge >= 0.3 is 0 Å². The highest BCUT2D eigenvalue weighted by molar-refractivity contribution is 5.95. The van der Waals surface area contributed by atoms with Crippen molar-refractivity contribution in [3.63, 3.8) is 0 Å². The highest BCUT2D eigenvalue weighted by Gasteiger charge is 2.20. The van der Waals surface area contributed by atoms with Crippen molar-refractivity contribution >= 4 is 17.5 Å². The van der Waals surface area contributed by atoms with E-state index in [9.17, 15) is 9.59 Å². The molecule has 0 bridgehead atoms. The third-order valence-electron chi connectivity index (χ3n) is 4.49. The third kappa shape index (κ3) is 3.72. The fourth-order valence-corrected chi connectivity index (χ4v) is 3.21. The number of rotatable bonds is 4. The van der Waals surface area contributed by atoms with E-state index in [4.69, 9.17) is 5.73 Å². The molecule has 2 amide bonds. The van der Waals surface area contributed by atoms with E-state index in [-0.39, 0.29) is 11.8 Å². The van der Waals surface area contributed by atoms with Gasteiger partial charge in [0.1, 0.15) is 0 Å². The van der Waals surface area contributed by atoms with E-state index in [2.05, 4.69) is 11.4 Å². The summed E-state index contributed by atoms with van der Waals surface area (Å²) >= 11 is 0. The molecule has 130 valence electrons. The quantitative estimate of drug-likeness (QED) is 0.899. The Hall–Kier alpha value is -2.66. The van der Waals surface area contributed by atoms with Crippen molar-refractivity contribution in [2.75, 3.05) is 24.5 Å². The van der Waals surface area contributed by atoms with Crippen molar-refractivity contribution in [3.05, 3.63) is 53.6 Å². The Morgan fingerprint density at radius 2 is 1.84 bits per heavy atom. The number of nitrogens with two attached hydrogens (primary N) is 1.